The number of pyridine rings is 1. The second kappa shape index (κ2) is 32.0. The molecule has 106 heavy (non-hydrogen) atoms. The molecule has 3 heteroatoms. The van der Waals surface area contributed by atoms with E-state index in [9.17, 15) is 0 Å². The summed E-state index contributed by atoms with van der Waals surface area (Å²) >= 11 is 0. The first kappa shape index (κ1) is 82.9. The van der Waals surface area contributed by atoms with Crippen LogP contribution in [0.3, 0.4) is 0 Å². The lowest BCUT2D eigenvalue weighted by molar-refractivity contribution is 0.577. The monoisotopic (exact) mass is 1410 g/mol. The highest BCUT2D eigenvalue weighted by molar-refractivity contribution is 5.88. The van der Waals surface area contributed by atoms with Crippen molar-refractivity contribution in [2.24, 2.45) is 0 Å². The third-order valence-electron chi connectivity index (χ3n) is 20.3. The van der Waals surface area contributed by atoms with Crippen LogP contribution in [0.4, 0.5) is 0 Å². The minimum Gasteiger partial charge on any atom is -0.252 e. The van der Waals surface area contributed by atoms with E-state index < -0.39 is 0 Å². The Morgan fingerprint density at radius 3 is 0.736 bits per heavy atom. The van der Waals surface area contributed by atoms with Gasteiger partial charge in [-0.1, -0.05) is 402 Å². The zero-order chi connectivity index (χ0) is 78.6. The Kier molecular flexibility index (Phi) is 25.0. The van der Waals surface area contributed by atoms with Gasteiger partial charge in [-0.3, -0.25) is 4.98 Å². The standard InChI is InChI=1S/C24H28.C23H27N.C22H26N2.C20H26.C14H22/c1-23(2,3)21-12-9-17(10-13-21)18-7-8-20-16-22(24(4,5)6)14-11-19(20)15-18;1-22(2,3)18-10-7-16(8-11-18)20-13-9-17-15-19(23(4,5)6)12-14-21(17)24-20;1-21(2,3)16-9-7-15(8-10-16)20-14-23-19-13-17(22(4,5)6)11-12-18(19)24-20;1-19(2,3)17-11-7-15(8-12-17)16-9-13-18(14-10-16)20(4,5)6;1-13(2,3)11-7-9-12(10-8-11)14(4,5)6/h7-16H,1-6H3;7-15H,1-6H3;7-14H,1-6H3;7-14H,1-6H3;7-10H,1-6H3. The third kappa shape index (κ3) is 22.6. The van der Waals surface area contributed by atoms with Crippen molar-refractivity contribution in [3.63, 3.8) is 0 Å². The molecular formula is C103H129N3. The first-order valence-corrected chi connectivity index (χ1v) is 38.7. The molecule has 0 spiro atoms. The normalized spacial score (nSPS) is 12.6. The van der Waals surface area contributed by atoms with Gasteiger partial charge >= 0.3 is 0 Å². The van der Waals surface area contributed by atoms with Gasteiger partial charge in [-0.15, -0.1) is 0 Å². The van der Waals surface area contributed by atoms with E-state index in [2.05, 4.69) is 443 Å². The van der Waals surface area contributed by atoms with Gasteiger partial charge in [-0.25, -0.2) is 9.97 Å². The van der Waals surface area contributed by atoms with E-state index in [-0.39, 0.29) is 54.1 Å². The summed E-state index contributed by atoms with van der Waals surface area (Å²) in [6.07, 6.45) is 1.88. The van der Waals surface area contributed by atoms with Gasteiger partial charge in [-0.05, 0) is 179 Å². The van der Waals surface area contributed by atoms with E-state index in [0.717, 1.165) is 33.5 Å². The highest BCUT2D eigenvalue weighted by atomic mass is 14.8. The largest absolute Gasteiger partial charge is 0.252 e. The molecule has 0 aliphatic heterocycles. The molecule has 0 aliphatic rings. The maximum Gasteiger partial charge on any atom is 0.0894 e. The second-order valence-corrected chi connectivity index (χ2v) is 39.8. The molecule has 2 aromatic heterocycles. The van der Waals surface area contributed by atoms with Crippen molar-refractivity contribution in [1.82, 2.24) is 15.0 Å². The van der Waals surface area contributed by atoms with Crippen LogP contribution in [-0.4, -0.2) is 15.0 Å². The molecular weight excluding hydrogens is 1280 g/mol. The molecule has 0 aliphatic carbocycles. The lowest BCUT2D eigenvalue weighted by Gasteiger charge is -2.23. The van der Waals surface area contributed by atoms with Gasteiger partial charge in [-0.2, -0.15) is 0 Å². The van der Waals surface area contributed by atoms with Gasteiger partial charge in [0.25, 0.3) is 0 Å². The summed E-state index contributed by atoms with van der Waals surface area (Å²) in [5.41, 5.74) is 28.0. The van der Waals surface area contributed by atoms with Crippen LogP contribution in [0.15, 0.2) is 237 Å². The van der Waals surface area contributed by atoms with Crippen LogP contribution in [0.2, 0.25) is 0 Å². The first-order chi connectivity index (χ1) is 48.8. The fourth-order valence-corrected chi connectivity index (χ4v) is 12.5. The Morgan fingerprint density at radius 2 is 0.387 bits per heavy atom. The molecule has 0 unspecified atom stereocenters. The highest BCUT2D eigenvalue weighted by Crippen LogP contribution is 2.36. The molecule has 0 N–H and O–H groups in total. The van der Waals surface area contributed by atoms with E-state index in [1.54, 1.807) is 0 Å². The summed E-state index contributed by atoms with van der Waals surface area (Å²) in [6, 6.07) is 84.2. The van der Waals surface area contributed by atoms with Crippen molar-refractivity contribution < 1.29 is 0 Å². The van der Waals surface area contributed by atoms with E-state index >= 15 is 0 Å². The Hall–Kier alpha value is -8.79. The van der Waals surface area contributed by atoms with Crippen LogP contribution in [0, 0.1) is 0 Å². The maximum absolute atomic E-state index is 4.86. The Bertz CT molecular complexity index is 4410. The zero-order valence-electron chi connectivity index (χ0n) is 70.9. The molecule has 10 aromatic carbocycles. The summed E-state index contributed by atoms with van der Waals surface area (Å²) in [7, 11) is 0. The van der Waals surface area contributed by atoms with Gasteiger partial charge < -0.3 is 0 Å². The average molecular weight is 1410 g/mol. The minimum atomic E-state index is 0.122. The smallest absolute Gasteiger partial charge is 0.0894 e. The highest BCUT2D eigenvalue weighted by Gasteiger charge is 2.22. The molecule has 0 fully saturated rings. The fourth-order valence-electron chi connectivity index (χ4n) is 12.5. The van der Waals surface area contributed by atoms with Crippen molar-refractivity contribution in [3.05, 3.63) is 292 Å². The Labute approximate surface area is 642 Å². The molecule has 0 amide bonds. The van der Waals surface area contributed by atoms with Crippen LogP contribution >= 0.6 is 0 Å². The quantitative estimate of drug-likeness (QED) is 0.176. The molecule has 3 nitrogen and oxygen atoms in total. The predicted molar refractivity (Wildman–Crippen MR) is 467 cm³/mol. The number of nitrogens with zero attached hydrogens (tertiary/aromatic N) is 3. The molecule has 0 bridgehead atoms. The van der Waals surface area contributed by atoms with Gasteiger partial charge in [0.15, 0.2) is 0 Å². The van der Waals surface area contributed by atoms with Crippen LogP contribution in [-0.2, 0) is 54.1 Å². The van der Waals surface area contributed by atoms with Gasteiger partial charge in [0.2, 0.25) is 0 Å². The summed E-state index contributed by atoms with van der Waals surface area (Å²) in [6.45, 7) is 67.3. The van der Waals surface area contributed by atoms with Crippen molar-refractivity contribution in [3.8, 4) is 44.8 Å². The van der Waals surface area contributed by atoms with Crippen molar-refractivity contribution >= 4 is 32.7 Å². The maximum atomic E-state index is 4.86. The molecule has 12 aromatic rings. The molecule has 0 saturated heterocycles. The second-order valence-electron chi connectivity index (χ2n) is 39.8. The Balaban J connectivity index is 0.000000169. The molecule has 0 saturated carbocycles. The zero-order valence-corrected chi connectivity index (χ0v) is 70.9. The number of benzene rings is 10. The van der Waals surface area contributed by atoms with E-state index in [1.807, 2.05) is 6.20 Å². The lowest BCUT2D eigenvalue weighted by atomic mass is 9.82. The van der Waals surface area contributed by atoms with Crippen molar-refractivity contribution in [2.45, 2.75) is 262 Å². The first-order valence-electron chi connectivity index (χ1n) is 38.7. The summed E-state index contributed by atoms with van der Waals surface area (Å²) in [5.74, 6) is 0. The number of hydrogen-bond donors (Lipinski definition) is 0. The van der Waals surface area contributed by atoms with Gasteiger partial charge in [0, 0.05) is 16.5 Å². The molecule has 12 rings (SSSR count). The third-order valence-corrected chi connectivity index (χ3v) is 20.3. The number of rotatable bonds is 4. The molecule has 0 atom stereocenters. The lowest BCUT2D eigenvalue weighted by Crippen LogP contribution is -2.14. The van der Waals surface area contributed by atoms with Crippen molar-refractivity contribution in [2.75, 3.05) is 0 Å². The number of hydrogen-bond acceptors (Lipinski definition) is 3. The molecule has 556 valence electrons. The SMILES string of the molecule is CC(C)(C)c1ccc(-c2ccc(C(C)(C)C)cc2)cc1.CC(C)(C)c1ccc(-c2ccc3cc(C(C)(C)C)ccc3c2)cc1.CC(C)(C)c1ccc(-c2ccc3cc(C(C)(C)C)ccc3n2)cc1.CC(C)(C)c1ccc(-c2cnc3cc(C(C)(C)C)ccc3n2)cc1.CC(C)(C)c1ccc(C(C)(C)C)cc1. The van der Waals surface area contributed by atoms with Gasteiger partial charge in [0.1, 0.15) is 0 Å². The summed E-state index contributed by atoms with van der Waals surface area (Å²) < 4.78 is 0. The van der Waals surface area contributed by atoms with Gasteiger partial charge in [0.05, 0.1) is 34.1 Å². The minimum absolute atomic E-state index is 0.122. The fraction of sp³-hybridized carbons (Fsp3) is 0.388. The predicted octanol–water partition coefficient (Wildman–Crippen LogP) is 29.7. The van der Waals surface area contributed by atoms with Crippen LogP contribution in [0.1, 0.15) is 263 Å². The summed E-state index contributed by atoms with van der Waals surface area (Å²) in [5, 5.41) is 3.83. The topological polar surface area (TPSA) is 38.7 Å². The molecule has 0 radical (unpaired) electrons. The summed E-state index contributed by atoms with van der Waals surface area (Å²) in [4.78, 5) is 14.3. The Morgan fingerprint density at radius 1 is 0.160 bits per heavy atom. The number of aromatic nitrogens is 3. The van der Waals surface area contributed by atoms with Crippen LogP contribution in [0.5, 0.6) is 0 Å². The van der Waals surface area contributed by atoms with E-state index in [1.165, 1.54) is 99.6 Å². The average Bonchev–Trinajstić information content (AvgIpc) is 0.807. The molecule has 2 heterocycles. The van der Waals surface area contributed by atoms with Crippen LogP contribution in [0.25, 0.3) is 77.5 Å². The number of fused-ring (bicyclic) bond motifs is 3. The van der Waals surface area contributed by atoms with Crippen molar-refractivity contribution in [1.29, 1.82) is 0 Å². The van der Waals surface area contributed by atoms with Crippen LogP contribution < -0.4 is 0 Å². The van der Waals surface area contributed by atoms with E-state index in [4.69, 9.17) is 9.97 Å². The van der Waals surface area contributed by atoms with E-state index in [0.29, 0.717) is 0 Å².